The van der Waals surface area contributed by atoms with Gasteiger partial charge in [-0.3, -0.25) is 4.79 Å². The zero-order valence-electron chi connectivity index (χ0n) is 21.3. The molecule has 0 radical (unpaired) electrons. The van der Waals surface area contributed by atoms with Crippen LogP contribution in [0.3, 0.4) is 0 Å². The first-order chi connectivity index (χ1) is 17.7. The Morgan fingerprint density at radius 1 is 1.05 bits per heavy atom. The van der Waals surface area contributed by atoms with Crippen LogP contribution in [0, 0.1) is 12.3 Å². The summed E-state index contributed by atoms with van der Waals surface area (Å²) >= 11 is 6.02. The molecule has 1 aliphatic rings. The van der Waals surface area contributed by atoms with Gasteiger partial charge < -0.3 is 9.64 Å². The molecule has 0 unspecified atom stereocenters. The number of amides is 1. The summed E-state index contributed by atoms with van der Waals surface area (Å²) in [6.07, 6.45) is 1.51. The molecule has 1 heterocycles. The third-order valence-corrected chi connectivity index (χ3v) is 8.92. The second kappa shape index (κ2) is 11.7. The molecule has 0 N–H and O–H groups in total. The summed E-state index contributed by atoms with van der Waals surface area (Å²) in [5, 5.41) is 0.605. The Balaban J connectivity index is 1.57. The van der Waals surface area contributed by atoms with Gasteiger partial charge in [0.05, 0.1) is 11.5 Å². The number of sulfonamides is 1. The van der Waals surface area contributed by atoms with Crippen molar-refractivity contribution in [2.45, 2.75) is 37.6 Å². The number of nitrogens with zero attached hydrogens (tertiary/aromatic N) is 2. The molecule has 1 aliphatic heterocycles. The number of halogens is 1. The lowest BCUT2D eigenvalue weighted by Crippen LogP contribution is -2.50. The van der Waals surface area contributed by atoms with Crippen LogP contribution in [0.2, 0.25) is 5.02 Å². The maximum Gasteiger partial charge on any atom is 0.243 e. The molecule has 0 aliphatic carbocycles. The Hall–Kier alpha value is -2.87. The number of aryl methyl sites for hydroxylation is 1. The summed E-state index contributed by atoms with van der Waals surface area (Å²) in [5.74, 6) is 0.589. The van der Waals surface area contributed by atoms with E-state index in [0.717, 1.165) is 11.1 Å². The van der Waals surface area contributed by atoms with E-state index >= 15 is 0 Å². The largest absolute Gasteiger partial charge is 0.493 e. The Kier molecular flexibility index (Phi) is 8.57. The second-order valence-corrected chi connectivity index (χ2v) is 12.3. The fraction of sp³-hybridized carbons (Fsp3) is 0.345. The molecule has 0 spiro atoms. The van der Waals surface area contributed by atoms with Crippen molar-refractivity contribution in [3.63, 3.8) is 0 Å². The van der Waals surface area contributed by atoms with Gasteiger partial charge in [-0.15, -0.1) is 0 Å². The van der Waals surface area contributed by atoms with E-state index in [9.17, 15) is 13.2 Å². The monoisotopic (exact) mass is 540 g/mol. The molecule has 196 valence electrons. The predicted molar refractivity (Wildman–Crippen MR) is 146 cm³/mol. The summed E-state index contributed by atoms with van der Waals surface area (Å²) in [5.41, 5.74) is 1.25. The molecule has 0 aromatic heterocycles. The van der Waals surface area contributed by atoms with Gasteiger partial charge in [0.1, 0.15) is 5.75 Å². The number of hydrogen-bond donors (Lipinski definition) is 0. The van der Waals surface area contributed by atoms with E-state index in [2.05, 4.69) is 0 Å². The van der Waals surface area contributed by atoms with Gasteiger partial charge in [-0.1, -0.05) is 54.1 Å². The lowest BCUT2D eigenvalue weighted by Gasteiger charge is -2.42. The van der Waals surface area contributed by atoms with Gasteiger partial charge in [0, 0.05) is 43.5 Å². The van der Waals surface area contributed by atoms with Gasteiger partial charge in [-0.2, -0.15) is 4.31 Å². The minimum atomic E-state index is -3.71. The summed E-state index contributed by atoms with van der Waals surface area (Å²) in [7, 11) is -1.93. The van der Waals surface area contributed by atoms with Crippen LogP contribution >= 0.6 is 11.6 Å². The smallest absolute Gasteiger partial charge is 0.243 e. The van der Waals surface area contributed by atoms with E-state index < -0.39 is 15.4 Å². The van der Waals surface area contributed by atoms with Gasteiger partial charge in [0.2, 0.25) is 15.9 Å². The molecule has 1 amide bonds. The van der Waals surface area contributed by atoms with Crippen molar-refractivity contribution in [3.05, 3.63) is 95.0 Å². The predicted octanol–water partition coefficient (Wildman–Crippen LogP) is 5.55. The molecule has 4 rings (SSSR count). The first-order valence-corrected chi connectivity index (χ1v) is 14.2. The molecule has 6 nitrogen and oxygen atoms in total. The van der Waals surface area contributed by atoms with E-state index in [1.54, 1.807) is 54.4 Å². The fourth-order valence-electron chi connectivity index (χ4n) is 4.77. The van der Waals surface area contributed by atoms with Crippen LogP contribution in [0.1, 0.15) is 30.4 Å². The normalized spacial score (nSPS) is 18.4. The Morgan fingerprint density at radius 3 is 2.49 bits per heavy atom. The van der Waals surface area contributed by atoms with Crippen molar-refractivity contribution in [3.8, 4) is 5.75 Å². The van der Waals surface area contributed by atoms with Crippen LogP contribution < -0.4 is 4.74 Å². The SMILES string of the molecule is Cc1cccc(S(=O)(=O)N2CCC[C@@](COc3ccc(Cl)cc3)(CC(=O)N(C)Cc3ccccc3)C2)c1. The highest BCUT2D eigenvalue weighted by Crippen LogP contribution is 2.37. The minimum Gasteiger partial charge on any atom is -0.493 e. The van der Waals surface area contributed by atoms with E-state index in [1.807, 2.05) is 43.3 Å². The molecule has 1 fully saturated rings. The average molecular weight is 541 g/mol. The average Bonchev–Trinajstić information content (AvgIpc) is 2.89. The molecule has 3 aromatic carbocycles. The van der Waals surface area contributed by atoms with Crippen molar-refractivity contribution in [2.75, 3.05) is 26.7 Å². The van der Waals surface area contributed by atoms with Gasteiger partial charge in [-0.05, 0) is 67.3 Å². The third-order valence-electron chi connectivity index (χ3n) is 6.83. The van der Waals surface area contributed by atoms with Crippen LogP contribution in [0.5, 0.6) is 5.75 Å². The highest BCUT2D eigenvalue weighted by molar-refractivity contribution is 7.89. The number of ether oxygens (including phenoxy) is 1. The molecule has 37 heavy (non-hydrogen) atoms. The summed E-state index contributed by atoms with van der Waals surface area (Å²) in [6, 6.07) is 23.8. The third kappa shape index (κ3) is 6.92. The van der Waals surface area contributed by atoms with E-state index in [1.165, 1.54) is 4.31 Å². The van der Waals surface area contributed by atoms with Crippen LogP contribution in [0.15, 0.2) is 83.8 Å². The number of carbonyl (C=O) groups is 1. The molecule has 1 atom stereocenters. The van der Waals surface area contributed by atoms with E-state index in [4.69, 9.17) is 16.3 Å². The Bertz CT molecular complexity index is 1320. The molecular weight excluding hydrogens is 508 g/mol. The maximum absolute atomic E-state index is 13.6. The summed E-state index contributed by atoms with van der Waals surface area (Å²) < 4.78 is 34.8. The molecule has 8 heteroatoms. The number of piperidine rings is 1. The number of carbonyl (C=O) groups excluding carboxylic acids is 1. The molecule has 1 saturated heterocycles. The highest BCUT2D eigenvalue weighted by atomic mass is 35.5. The van der Waals surface area contributed by atoms with E-state index in [-0.39, 0.29) is 30.4 Å². The zero-order valence-corrected chi connectivity index (χ0v) is 22.8. The van der Waals surface area contributed by atoms with Crippen molar-refractivity contribution < 1.29 is 17.9 Å². The quantitative estimate of drug-likeness (QED) is 0.357. The number of hydrogen-bond acceptors (Lipinski definition) is 4. The standard InChI is InChI=1S/C29H33ClN2O4S/c1-23-8-6-11-27(18-23)37(34,35)32-17-7-16-29(21-32,22-36-26-14-12-25(30)13-15-26)19-28(33)31(2)20-24-9-4-3-5-10-24/h3-6,8-15,18H,7,16-17,19-22H2,1-2H3/t29-/m1/s1. The van der Waals surface area contributed by atoms with Gasteiger partial charge in [-0.25, -0.2) is 8.42 Å². The molecule has 3 aromatic rings. The summed E-state index contributed by atoms with van der Waals surface area (Å²) in [6.45, 7) is 3.20. The van der Waals surface area contributed by atoms with Crippen LogP contribution in [-0.2, 0) is 21.4 Å². The lowest BCUT2D eigenvalue weighted by molar-refractivity contribution is -0.134. The first-order valence-electron chi connectivity index (χ1n) is 12.4. The minimum absolute atomic E-state index is 0.0432. The number of rotatable bonds is 9. The molecular formula is C29H33ClN2O4S. The van der Waals surface area contributed by atoms with Crippen molar-refractivity contribution >= 4 is 27.5 Å². The molecule has 0 saturated carbocycles. The van der Waals surface area contributed by atoms with Gasteiger partial charge in [0.15, 0.2) is 0 Å². The highest BCUT2D eigenvalue weighted by Gasteiger charge is 2.43. The Labute approximate surface area is 224 Å². The van der Waals surface area contributed by atoms with Crippen molar-refractivity contribution in [2.24, 2.45) is 5.41 Å². The zero-order chi connectivity index (χ0) is 26.5. The molecule has 0 bridgehead atoms. The van der Waals surface area contributed by atoms with Crippen LogP contribution in [-0.4, -0.2) is 50.3 Å². The van der Waals surface area contributed by atoms with Crippen molar-refractivity contribution in [1.82, 2.24) is 9.21 Å². The first kappa shape index (κ1) is 27.2. The van der Waals surface area contributed by atoms with Crippen molar-refractivity contribution in [1.29, 1.82) is 0 Å². The maximum atomic E-state index is 13.6. The second-order valence-electron chi connectivity index (χ2n) is 9.91. The Morgan fingerprint density at radius 2 is 1.78 bits per heavy atom. The van der Waals surface area contributed by atoms with Crippen LogP contribution in [0.25, 0.3) is 0 Å². The number of benzene rings is 3. The van der Waals surface area contributed by atoms with Gasteiger partial charge in [0.25, 0.3) is 0 Å². The summed E-state index contributed by atoms with van der Waals surface area (Å²) in [4.78, 5) is 15.4. The van der Waals surface area contributed by atoms with Gasteiger partial charge >= 0.3 is 0 Å². The fourth-order valence-corrected chi connectivity index (χ4v) is 6.60. The lowest BCUT2D eigenvalue weighted by atomic mass is 9.78. The van der Waals surface area contributed by atoms with Crippen LogP contribution in [0.4, 0.5) is 0 Å². The topological polar surface area (TPSA) is 66.9 Å². The van der Waals surface area contributed by atoms with E-state index in [0.29, 0.717) is 36.7 Å².